The van der Waals surface area contributed by atoms with Gasteiger partial charge in [-0.15, -0.1) is 24.0 Å². The maximum atomic E-state index is 10.9. The number of nitrogens with two attached hydrogens (primary N) is 1. The van der Waals surface area contributed by atoms with Gasteiger partial charge >= 0.3 is 0 Å². The Balaban J connectivity index is 0.00000480. The standard InChI is InChI=1S/C22H30N4O4.HI/c1-3-24-22(25-15-17-7-4-9-19(13-17)30-16-21(23)27)26-18-8-5-10-20(14-18)29-12-6-11-28-2;/h4-5,7-10,13-14H,3,6,11-12,15-16H2,1-2H3,(H2,23,27)(H2,24,25,26);1H. The first-order chi connectivity index (χ1) is 14.6. The van der Waals surface area contributed by atoms with Crippen molar-refractivity contribution in [3.8, 4) is 11.5 Å². The third-order valence-corrected chi connectivity index (χ3v) is 3.90. The van der Waals surface area contributed by atoms with Crippen LogP contribution in [0.25, 0.3) is 0 Å². The number of carbonyl (C=O) groups excluding carboxylic acids is 1. The van der Waals surface area contributed by atoms with E-state index in [4.69, 9.17) is 19.9 Å². The van der Waals surface area contributed by atoms with Gasteiger partial charge in [-0.1, -0.05) is 18.2 Å². The van der Waals surface area contributed by atoms with E-state index in [-0.39, 0.29) is 30.6 Å². The van der Waals surface area contributed by atoms with Crippen molar-refractivity contribution in [1.82, 2.24) is 5.32 Å². The number of benzene rings is 2. The van der Waals surface area contributed by atoms with Crippen LogP contribution >= 0.6 is 24.0 Å². The number of rotatable bonds is 12. The van der Waals surface area contributed by atoms with Crippen molar-refractivity contribution in [2.24, 2.45) is 10.7 Å². The molecule has 0 radical (unpaired) electrons. The van der Waals surface area contributed by atoms with Crippen molar-refractivity contribution in [3.05, 3.63) is 54.1 Å². The van der Waals surface area contributed by atoms with Gasteiger partial charge in [0.1, 0.15) is 11.5 Å². The number of carbonyl (C=O) groups is 1. The summed E-state index contributed by atoms with van der Waals surface area (Å²) in [4.78, 5) is 15.5. The van der Waals surface area contributed by atoms with Gasteiger partial charge in [-0.05, 0) is 36.8 Å². The monoisotopic (exact) mass is 542 g/mol. The Morgan fingerprint density at radius 1 is 1.06 bits per heavy atom. The van der Waals surface area contributed by atoms with Gasteiger partial charge < -0.3 is 30.6 Å². The summed E-state index contributed by atoms with van der Waals surface area (Å²) in [6, 6.07) is 15.1. The van der Waals surface area contributed by atoms with Crippen molar-refractivity contribution in [2.45, 2.75) is 19.9 Å². The predicted molar refractivity (Wildman–Crippen MR) is 133 cm³/mol. The van der Waals surface area contributed by atoms with Crippen LogP contribution < -0.4 is 25.8 Å². The van der Waals surface area contributed by atoms with E-state index >= 15 is 0 Å². The first kappa shape index (κ1) is 26.5. The van der Waals surface area contributed by atoms with Crippen LogP contribution in [0.15, 0.2) is 53.5 Å². The second-order valence-corrected chi connectivity index (χ2v) is 6.45. The SMILES string of the molecule is CCNC(=NCc1cccc(OCC(N)=O)c1)Nc1cccc(OCCCOC)c1.I. The van der Waals surface area contributed by atoms with E-state index in [1.807, 2.05) is 49.4 Å². The predicted octanol–water partition coefficient (Wildman–Crippen LogP) is 3.16. The van der Waals surface area contributed by atoms with Crippen molar-refractivity contribution >= 4 is 41.5 Å². The fourth-order valence-corrected chi connectivity index (χ4v) is 2.56. The molecule has 0 saturated heterocycles. The Labute approximate surface area is 200 Å². The summed E-state index contributed by atoms with van der Waals surface area (Å²) in [5.74, 6) is 1.50. The molecule has 2 aromatic rings. The van der Waals surface area contributed by atoms with E-state index in [9.17, 15) is 4.79 Å². The molecular formula is C22H31IN4O4. The summed E-state index contributed by atoms with van der Waals surface area (Å²) < 4.78 is 16.1. The van der Waals surface area contributed by atoms with Gasteiger partial charge in [0.15, 0.2) is 12.6 Å². The van der Waals surface area contributed by atoms with E-state index in [2.05, 4.69) is 15.6 Å². The molecule has 170 valence electrons. The molecule has 0 unspecified atom stereocenters. The number of halogens is 1. The molecule has 0 fully saturated rings. The van der Waals surface area contributed by atoms with Crippen LogP contribution in [-0.2, 0) is 16.1 Å². The number of amides is 1. The molecule has 0 aromatic heterocycles. The minimum Gasteiger partial charge on any atom is -0.493 e. The Morgan fingerprint density at radius 3 is 2.52 bits per heavy atom. The van der Waals surface area contributed by atoms with Gasteiger partial charge in [-0.3, -0.25) is 4.79 Å². The third-order valence-electron chi connectivity index (χ3n) is 3.90. The minimum atomic E-state index is -0.512. The average Bonchev–Trinajstić information content (AvgIpc) is 2.74. The molecule has 2 aromatic carbocycles. The van der Waals surface area contributed by atoms with Crippen molar-refractivity contribution < 1.29 is 19.0 Å². The molecule has 0 aliphatic heterocycles. The number of primary amides is 1. The zero-order chi connectivity index (χ0) is 21.6. The zero-order valence-corrected chi connectivity index (χ0v) is 20.3. The fourth-order valence-electron chi connectivity index (χ4n) is 2.56. The van der Waals surface area contributed by atoms with Gasteiger partial charge in [0.05, 0.1) is 13.2 Å². The number of anilines is 1. The highest BCUT2D eigenvalue weighted by Crippen LogP contribution is 2.18. The fraction of sp³-hybridized carbons (Fsp3) is 0.364. The first-order valence-corrected chi connectivity index (χ1v) is 9.88. The molecule has 0 saturated carbocycles. The number of nitrogens with one attached hydrogen (secondary N) is 2. The van der Waals surface area contributed by atoms with Crippen molar-refractivity contribution in [3.63, 3.8) is 0 Å². The van der Waals surface area contributed by atoms with Gasteiger partial charge in [0, 0.05) is 38.4 Å². The molecule has 0 aliphatic carbocycles. The molecular weight excluding hydrogens is 511 g/mol. The first-order valence-electron chi connectivity index (χ1n) is 9.88. The number of hydrogen-bond donors (Lipinski definition) is 3. The number of methoxy groups -OCH3 is 1. The Bertz CT molecular complexity index is 833. The second-order valence-electron chi connectivity index (χ2n) is 6.45. The van der Waals surface area contributed by atoms with Crippen LogP contribution in [0.3, 0.4) is 0 Å². The molecule has 0 aliphatic rings. The highest BCUT2D eigenvalue weighted by atomic mass is 127. The van der Waals surface area contributed by atoms with Crippen LogP contribution in [0.2, 0.25) is 0 Å². The molecule has 0 bridgehead atoms. The normalized spacial score (nSPS) is 10.7. The van der Waals surface area contributed by atoms with Gasteiger partial charge in [0.2, 0.25) is 0 Å². The molecule has 0 heterocycles. The minimum absolute atomic E-state index is 0. The van der Waals surface area contributed by atoms with Crippen LogP contribution in [0.4, 0.5) is 5.69 Å². The third kappa shape index (κ3) is 10.9. The summed E-state index contributed by atoms with van der Waals surface area (Å²) >= 11 is 0. The summed E-state index contributed by atoms with van der Waals surface area (Å²) in [7, 11) is 1.68. The van der Waals surface area contributed by atoms with E-state index in [0.717, 1.165) is 30.0 Å². The van der Waals surface area contributed by atoms with Gasteiger partial charge in [-0.25, -0.2) is 4.99 Å². The summed E-state index contributed by atoms with van der Waals surface area (Å²) in [6.45, 7) is 4.28. The Morgan fingerprint density at radius 2 is 1.81 bits per heavy atom. The van der Waals surface area contributed by atoms with Crippen LogP contribution in [0, 0.1) is 0 Å². The maximum absolute atomic E-state index is 10.9. The number of hydrogen-bond acceptors (Lipinski definition) is 5. The largest absolute Gasteiger partial charge is 0.493 e. The second kappa shape index (κ2) is 15.3. The zero-order valence-electron chi connectivity index (χ0n) is 17.9. The lowest BCUT2D eigenvalue weighted by Crippen LogP contribution is -2.30. The summed E-state index contributed by atoms with van der Waals surface area (Å²) in [5, 5.41) is 6.51. The topological polar surface area (TPSA) is 107 Å². The van der Waals surface area contributed by atoms with Gasteiger partial charge in [0.25, 0.3) is 5.91 Å². The molecule has 1 amide bonds. The van der Waals surface area contributed by atoms with Crippen LogP contribution in [0.1, 0.15) is 18.9 Å². The number of ether oxygens (including phenoxy) is 3. The van der Waals surface area contributed by atoms with Crippen LogP contribution in [-0.4, -0.2) is 45.3 Å². The maximum Gasteiger partial charge on any atom is 0.255 e. The lowest BCUT2D eigenvalue weighted by molar-refractivity contribution is -0.119. The van der Waals surface area contributed by atoms with Gasteiger partial charge in [-0.2, -0.15) is 0 Å². The molecule has 2 rings (SSSR count). The molecule has 0 atom stereocenters. The molecule has 9 heteroatoms. The lowest BCUT2D eigenvalue weighted by atomic mass is 10.2. The molecule has 4 N–H and O–H groups in total. The Kier molecular flexibility index (Phi) is 13.1. The summed E-state index contributed by atoms with van der Waals surface area (Å²) in [5.41, 5.74) is 6.94. The van der Waals surface area contributed by atoms with E-state index in [1.165, 1.54) is 0 Å². The Hall–Kier alpha value is -2.53. The number of nitrogens with zero attached hydrogens (tertiary/aromatic N) is 1. The average molecular weight is 542 g/mol. The van der Waals surface area contributed by atoms with Crippen molar-refractivity contribution in [2.75, 3.05) is 38.8 Å². The smallest absolute Gasteiger partial charge is 0.255 e. The van der Waals surface area contributed by atoms with Crippen LogP contribution in [0.5, 0.6) is 11.5 Å². The molecule has 0 spiro atoms. The highest BCUT2D eigenvalue weighted by Gasteiger charge is 2.03. The lowest BCUT2D eigenvalue weighted by Gasteiger charge is -2.13. The van der Waals surface area contributed by atoms with E-state index in [0.29, 0.717) is 31.5 Å². The van der Waals surface area contributed by atoms with Crippen molar-refractivity contribution in [1.29, 1.82) is 0 Å². The number of aliphatic imine (C=N–C) groups is 1. The summed E-state index contributed by atoms with van der Waals surface area (Å²) in [6.07, 6.45) is 0.834. The molecule has 31 heavy (non-hydrogen) atoms. The van der Waals surface area contributed by atoms with E-state index < -0.39 is 5.91 Å². The quantitative estimate of drug-likeness (QED) is 0.165. The number of guanidine groups is 1. The van der Waals surface area contributed by atoms with E-state index in [1.54, 1.807) is 13.2 Å². The molecule has 8 nitrogen and oxygen atoms in total. The highest BCUT2D eigenvalue weighted by molar-refractivity contribution is 14.0.